The Morgan fingerprint density at radius 1 is 1.61 bits per heavy atom. The molecule has 1 aliphatic heterocycles. The molecule has 0 aliphatic carbocycles. The van der Waals surface area contributed by atoms with Gasteiger partial charge in [-0.2, -0.15) is 4.98 Å². The third-order valence-electron chi connectivity index (χ3n) is 3.73. The predicted molar refractivity (Wildman–Crippen MR) is 80.0 cm³/mol. The van der Waals surface area contributed by atoms with Gasteiger partial charge in [-0.05, 0) is 18.9 Å². The smallest absolute Gasteiger partial charge is 0.407 e. The van der Waals surface area contributed by atoms with E-state index in [2.05, 4.69) is 4.98 Å². The van der Waals surface area contributed by atoms with E-state index < -0.39 is 18.0 Å². The van der Waals surface area contributed by atoms with Crippen molar-refractivity contribution in [1.82, 2.24) is 14.8 Å². The molecule has 23 heavy (non-hydrogen) atoms. The fraction of sp³-hybridized carbons (Fsp3) is 0.500. The maximum absolute atomic E-state index is 13.6. The molecule has 126 valence electrons. The third-order valence-corrected chi connectivity index (χ3v) is 4.00. The van der Waals surface area contributed by atoms with Crippen molar-refractivity contribution in [3.63, 3.8) is 0 Å². The lowest BCUT2D eigenvalue weighted by Gasteiger charge is -2.26. The SMILES string of the molecule is COc1nc(Cl)c(F)cc1CN(C)C(=O)C1CCCN1C(=O)O. The van der Waals surface area contributed by atoms with Crippen molar-refractivity contribution < 1.29 is 23.8 Å². The van der Waals surface area contributed by atoms with Gasteiger partial charge in [-0.3, -0.25) is 9.69 Å². The van der Waals surface area contributed by atoms with Gasteiger partial charge in [-0.1, -0.05) is 11.6 Å². The molecule has 0 radical (unpaired) electrons. The summed E-state index contributed by atoms with van der Waals surface area (Å²) >= 11 is 5.60. The van der Waals surface area contributed by atoms with Gasteiger partial charge in [-0.15, -0.1) is 0 Å². The minimum atomic E-state index is -1.12. The van der Waals surface area contributed by atoms with Crippen molar-refractivity contribution in [3.05, 3.63) is 22.6 Å². The van der Waals surface area contributed by atoms with Gasteiger partial charge in [0.25, 0.3) is 0 Å². The number of hydrogen-bond acceptors (Lipinski definition) is 4. The van der Waals surface area contributed by atoms with Crippen molar-refractivity contribution >= 4 is 23.6 Å². The zero-order valence-corrected chi connectivity index (χ0v) is 13.5. The summed E-state index contributed by atoms with van der Waals surface area (Å²) < 4.78 is 18.6. The Morgan fingerprint density at radius 2 is 2.30 bits per heavy atom. The molecule has 2 heterocycles. The largest absolute Gasteiger partial charge is 0.481 e. The standard InChI is InChI=1S/C14H17ClFN3O4/c1-18(13(20)10-4-3-5-19(10)14(21)22)7-8-6-9(16)11(15)17-12(8)23-2/h6,10H,3-5,7H2,1-2H3,(H,21,22). The average molecular weight is 346 g/mol. The lowest BCUT2D eigenvalue weighted by Crippen LogP contribution is -2.45. The third kappa shape index (κ3) is 3.64. The van der Waals surface area contributed by atoms with E-state index in [9.17, 15) is 14.0 Å². The number of nitrogens with zero attached hydrogens (tertiary/aromatic N) is 3. The van der Waals surface area contributed by atoms with Crippen LogP contribution in [-0.2, 0) is 11.3 Å². The number of rotatable bonds is 4. The molecule has 1 saturated heterocycles. The first-order chi connectivity index (χ1) is 10.8. The van der Waals surface area contributed by atoms with Crippen LogP contribution < -0.4 is 4.74 Å². The summed E-state index contributed by atoms with van der Waals surface area (Å²) in [5.41, 5.74) is 0.352. The van der Waals surface area contributed by atoms with Crippen molar-refractivity contribution in [2.24, 2.45) is 0 Å². The molecule has 1 aliphatic rings. The molecule has 0 saturated carbocycles. The Hall–Kier alpha value is -2.09. The molecule has 1 N–H and O–H groups in total. The molecule has 1 atom stereocenters. The van der Waals surface area contributed by atoms with E-state index >= 15 is 0 Å². The second-order valence-corrected chi connectivity index (χ2v) is 5.62. The number of carboxylic acid groups (broad SMARTS) is 1. The number of likely N-dealkylation sites (tertiary alicyclic amines) is 1. The van der Waals surface area contributed by atoms with Gasteiger partial charge in [0, 0.05) is 19.2 Å². The number of methoxy groups -OCH3 is 1. The van der Waals surface area contributed by atoms with Crippen LogP contribution in [0.2, 0.25) is 5.15 Å². The number of amides is 2. The van der Waals surface area contributed by atoms with Gasteiger partial charge in [0.1, 0.15) is 6.04 Å². The van der Waals surface area contributed by atoms with Gasteiger partial charge in [0.2, 0.25) is 11.8 Å². The molecule has 2 rings (SSSR count). The highest BCUT2D eigenvalue weighted by Gasteiger charge is 2.35. The molecule has 1 unspecified atom stereocenters. The summed E-state index contributed by atoms with van der Waals surface area (Å²) in [5, 5.41) is 8.80. The number of pyridine rings is 1. The van der Waals surface area contributed by atoms with Crippen LogP contribution in [0, 0.1) is 5.82 Å². The molecule has 1 fully saturated rings. The number of carbonyl (C=O) groups is 2. The van der Waals surface area contributed by atoms with E-state index in [1.807, 2.05) is 0 Å². The van der Waals surface area contributed by atoms with Gasteiger partial charge >= 0.3 is 6.09 Å². The summed E-state index contributed by atoms with van der Waals surface area (Å²) in [6.45, 7) is 0.368. The van der Waals surface area contributed by atoms with Gasteiger partial charge < -0.3 is 14.7 Å². The zero-order valence-electron chi connectivity index (χ0n) is 12.8. The van der Waals surface area contributed by atoms with Crippen LogP contribution in [0.1, 0.15) is 18.4 Å². The monoisotopic (exact) mass is 345 g/mol. The summed E-state index contributed by atoms with van der Waals surface area (Å²) in [4.78, 5) is 29.8. The highest BCUT2D eigenvalue weighted by molar-refractivity contribution is 6.29. The highest BCUT2D eigenvalue weighted by atomic mass is 35.5. The molecule has 0 aromatic carbocycles. The lowest BCUT2D eigenvalue weighted by molar-refractivity contribution is -0.134. The Bertz CT molecular complexity index is 628. The van der Waals surface area contributed by atoms with E-state index in [4.69, 9.17) is 21.4 Å². The van der Waals surface area contributed by atoms with Crippen LogP contribution in [0.3, 0.4) is 0 Å². The molecule has 7 nitrogen and oxygen atoms in total. The van der Waals surface area contributed by atoms with Crippen molar-refractivity contribution in [1.29, 1.82) is 0 Å². The van der Waals surface area contributed by atoms with Crippen molar-refractivity contribution in [3.8, 4) is 5.88 Å². The quantitative estimate of drug-likeness (QED) is 0.844. The topological polar surface area (TPSA) is 83.0 Å². The highest BCUT2D eigenvalue weighted by Crippen LogP contribution is 2.25. The molecule has 1 aromatic rings. The van der Waals surface area contributed by atoms with Crippen LogP contribution in [0.15, 0.2) is 6.07 Å². The minimum Gasteiger partial charge on any atom is -0.481 e. The van der Waals surface area contributed by atoms with Crippen LogP contribution in [-0.4, -0.2) is 58.6 Å². The molecule has 1 aromatic heterocycles. The van der Waals surface area contributed by atoms with Crippen LogP contribution in [0.25, 0.3) is 0 Å². The number of halogens is 2. The maximum Gasteiger partial charge on any atom is 0.407 e. The van der Waals surface area contributed by atoms with Gasteiger partial charge in [0.05, 0.1) is 13.7 Å². The first kappa shape index (κ1) is 17.3. The van der Waals surface area contributed by atoms with Crippen molar-refractivity contribution in [2.45, 2.75) is 25.4 Å². The number of ether oxygens (including phenoxy) is 1. The fourth-order valence-corrected chi connectivity index (χ4v) is 2.75. The van der Waals surface area contributed by atoms with Crippen LogP contribution >= 0.6 is 11.6 Å². The van der Waals surface area contributed by atoms with E-state index in [0.717, 1.165) is 11.0 Å². The lowest BCUT2D eigenvalue weighted by atomic mass is 10.1. The number of carbonyl (C=O) groups excluding carboxylic acids is 1. The van der Waals surface area contributed by atoms with E-state index in [1.54, 1.807) is 0 Å². The molecule has 0 spiro atoms. The molecular weight excluding hydrogens is 329 g/mol. The van der Waals surface area contributed by atoms with E-state index in [-0.39, 0.29) is 23.5 Å². The first-order valence-corrected chi connectivity index (χ1v) is 7.36. The molecular formula is C14H17ClFN3O4. The van der Waals surface area contributed by atoms with Gasteiger partial charge in [0.15, 0.2) is 11.0 Å². The average Bonchev–Trinajstić information content (AvgIpc) is 2.99. The second-order valence-electron chi connectivity index (χ2n) is 5.26. The Morgan fingerprint density at radius 3 is 2.91 bits per heavy atom. The van der Waals surface area contributed by atoms with Crippen LogP contribution in [0.4, 0.5) is 9.18 Å². The summed E-state index contributed by atoms with van der Waals surface area (Å²) in [5.74, 6) is -0.934. The van der Waals surface area contributed by atoms with Crippen molar-refractivity contribution in [2.75, 3.05) is 20.7 Å². The predicted octanol–water partition coefficient (Wildman–Crippen LogP) is 1.98. The minimum absolute atomic E-state index is 0.0348. The second kappa shape index (κ2) is 6.99. The van der Waals surface area contributed by atoms with Crippen LogP contribution in [0.5, 0.6) is 5.88 Å². The summed E-state index contributed by atoms with van der Waals surface area (Å²) in [6, 6.07) is 0.440. The summed E-state index contributed by atoms with van der Waals surface area (Å²) in [7, 11) is 2.89. The number of likely N-dealkylation sites (N-methyl/N-ethyl adjacent to an activating group) is 1. The molecule has 2 amide bonds. The fourth-order valence-electron chi connectivity index (χ4n) is 2.62. The first-order valence-electron chi connectivity index (χ1n) is 6.98. The zero-order chi connectivity index (χ0) is 17.1. The van der Waals surface area contributed by atoms with E-state index in [1.165, 1.54) is 19.1 Å². The summed E-state index contributed by atoms with van der Waals surface area (Å²) in [6.07, 6.45) is -0.0114. The Labute approximate surface area is 137 Å². The number of aromatic nitrogens is 1. The molecule has 9 heteroatoms. The number of hydrogen-bond donors (Lipinski definition) is 1. The molecule has 0 bridgehead atoms. The maximum atomic E-state index is 13.6. The van der Waals surface area contributed by atoms with E-state index in [0.29, 0.717) is 24.9 Å². The van der Waals surface area contributed by atoms with Gasteiger partial charge in [-0.25, -0.2) is 9.18 Å². The normalized spacial score (nSPS) is 17.2. The Kier molecular flexibility index (Phi) is 5.25. The Balaban J connectivity index is 2.15.